The van der Waals surface area contributed by atoms with Crippen LogP contribution in [0.2, 0.25) is 0 Å². The Kier molecular flexibility index (Phi) is 3.24. The number of aromatic hydroxyl groups is 1. The lowest BCUT2D eigenvalue weighted by Gasteiger charge is -2.29. The largest absolute Gasteiger partial charge is 0.508 e. The third kappa shape index (κ3) is 2.07. The second-order valence-electron chi connectivity index (χ2n) is 6.89. The fraction of sp³-hybridized carbons (Fsp3) is 0.0952. The molecule has 1 atom stereocenters. The number of anilines is 1. The van der Waals surface area contributed by atoms with Crippen LogP contribution < -0.4 is 16.6 Å². The molecule has 0 saturated heterocycles. The molecule has 2 aromatic carbocycles. The molecule has 28 heavy (non-hydrogen) atoms. The number of hydrogen-bond donors (Lipinski definition) is 3. The molecule has 7 heteroatoms. The first-order valence-corrected chi connectivity index (χ1v) is 8.75. The molecule has 0 saturated carbocycles. The second kappa shape index (κ2) is 5.56. The zero-order valence-electron chi connectivity index (χ0n) is 14.8. The molecular weight excluding hydrogens is 358 g/mol. The van der Waals surface area contributed by atoms with Crippen LogP contribution in [0.3, 0.4) is 0 Å². The Morgan fingerprint density at radius 1 is 0.964 bits per heavy atom. The highest BCUT2D eigenvalue weighted by atomic mass is 16.3. The van der Waals surface area contributed by atoms with E-state index in [0.717, 1.165) is 5.56 Å². The molecule has 0 bridgehead atoms. The molecule has 138 valence electrons. The van der Waals surface area contributed by atoms with Gasteiger partial charge in [0.1, 0.15) is 11.6 Å². The lowest BCUT2D eigenvalue weighted by atomic mass is 9.81. The summed E-state index contributed by atoms with van der Waals surface area (Å²) in [7, 11) is 1.56. The van der Waals surface area contributed by atoms with Gasteiger partial charge in [-0.3, -0.25) is 19.1 Å². The quantitative estimate of drug-likeness (QED) is 0.605. The summed E-state index contributed by atoms with van der Waals surface area (Å²) in [5.41, 5.74) is 2.25. The van der Waals surface area contributed by atoms with Crippen molar-refractivity contribution in [1.29, 1.82) is 0 Å². The Bertz CT molecular complexity index is 1310. The van der Waals surface area contributed by atoms with Gasteiger partial charge in [0, 0.05) is 29.7 Å². The number of phenols is 1. The maximum Gasteiger partial charge on any atom is 0.329 e. The summed E-state index contributed by atoms with van der Waals surface area (Å²) >= 11 is 0. The number of rotatable bonds is 1. The summed E-state index contributed by atoms with van der Waals surface area (Å²) in [6.45, 7) is 0. The van der Waals surface area contributed by atoms with Crippen LogP contribution in [0.1, 0.15) is 33.0 Å². The predicted molar refractivity (Wildman–Crippen MR) is 104 cm³/mol. The molecule has 1 aliphatic heterocycles. The highest BCUT2D eigenvalue weighted by Crippen LogP contribution is 2.47. The minimum atomic E-state index is -0.665. The summed E-state index contributed by atoms with van der Waals surface area (Å²) in [6, 6.07) is 13.6. The van der Waals surface area contributed by atoms with Gasteiger partial charge < -0.3 is 10.4 Å². The van der Waals surface area contributed by atoms with Crippen molar-refractivity contribution in [3.05, 3.63) is 97.2 Å². The van der Waals surface area contributed by atoms with E-state index < -0.39 is 17.2 Å². The standard InChI is InChI=1S/C21H15N3O4/c1-24-19-16(20(27)23-21(24)28)14(10-6-8-11(25)9-7-10)15-17(22-19)12-4-2-3-5-13(12)18(15)26/h2-9,14,22,25H,1H3,(H,23,27,28)/t14-/m0/s1. The lowest BCUT2D eigenvalue weighted by Crippen LogP contribution is -2.37. The number of benzene rings is 2. The molecule has 3 N–H and O–H groups in total. The van der Waals surface area contributed by atoms with Gasteiger partial charge in [0.25, 0.3) is 5.56 Å². The molecule has 0 amide bonds. The van der Waals surface area contributed by atoms with Gasteiger partial charge >= 0.3 is 5.69 Å². The van der Waals surface area contributed by atoms with Crippen molar-refractivity contribution in [1.82, 2.24) is 9.55 Å². The molecule has 1 aromatic heterocycles. The van der Waals surface area contributed by atoms with Crippen LogP contribution in [-0.2, 0) is 7.05 Å². The molecule has 5 rings (SSSR count). The second-order valence-corrected chi connectivity index (χ2v) is 6.89. The van der Waals surface area contributed by atoms with Crippen molar-refractivity contribution in [3.63, 3.8) is 0 Å². The van der Waals surface area contributed by atoms with Gasteiger partial charge in [-0.05, 0) is 17.7 Å². The topological polar surface area (TPSA) is 104 Å². The minimum absolute atomic E-state index is 0.0857. The van der Waals surface area contributed by atoms with Crippen LogP contribution in [0.5, 0.6) is 5.75 Å². The molecule has 2 aliphatic rings. The molecule has 7 nitrogen and oxygen atoms in total. The van der Waals surface area contributed by atoms with Crippen molar-refractivity contribution in [2.75, 3.05) is 5.32 Å². The number of H-pyrrole nitrogens is 1. The maximum atomic E-state index is 13.2. The number of allylic oxidation sites excluding steroid dienone is 1. The summed E-state index contributed by atoms with van der Waals surface area (Å²) in [5, 5.41) is 12.8. The molecule has 3 aromatic rings. The Morgan fingerprint density at radius 2 is 1.64 bits per heavy atom. The van der Waals surface area contributed by atoms with Crippen molar-refractivity contribution >= 4 is 17.3 Å². The van der Waals surface area contributed by atoms with Crippen LogP contribution in [0.25, 0.3) is 5.70 Å². The number of ketones is 1. The van der Waals surface area contributed by atoms with E-state index in [0.29, 0.717) is 33.8 Å². The van der Waals surface area contributed by atoms with Crippen molar-refractivity contribution in [2.45, 2.75) is 5.92 Å². The third-order valence-corrected chi connectivity index (χ3v) is 5.36. The number of carbonyl (C=O) groups excluding carboxylic acids is 1. The molecular formula is C21H15N3O4. The number of aromatic amines is 1. The number of nitrogens with zero attached hydrogens (tertiary/aromatic N) is 1. The highest BCUT2D eigenvalue weighted by Gasteiger charge is 2.42. The summed E-state index contributed by atoms with van der Waals surface area (Å²) < 4.78 is 1.33. The van der Waals surface area contributed by atoms with Gasteiger partial charge in [0.15, 0.2) is 5.78 Å². The molecule has 1 aliphatic carbocycles. The van der Waals surface area contributed by atoms with Gasteiger partial charge in [-0.15, -0.1) is 0 Å². The minimum Gasteiger partial charge on any atom is -0.508 e. The Morgan fingerprint density at radius 3 is 2.36 bits per heavy atom. The molecule has 0 fully saturated rings. The fourth-order valence-corrected chi connectivity index (χ4v) is 4.03. The number of nitrogens with one attached hydrogen (secondary N) is 2. The van der Waals surface area contributed by atoms with Gasteiger partial charge in [0.05, 0.1) is 11.3 Å². The number of hydrogen-bond acceptors (Lipinski definition) is 5. The van der Waals surface area contributed by atoms with E-state index in [2.05, 4.69) is 10.3 Å². The van der Waals surface area contributed by atoms with Gasteiger partial charge in [-0.1, -0.05) is 36.4 Å². The normalized spacial score (nSPS) is 17.0. The first-order chi connectivity index (χ1) is 13.5. The average Bonchev–Trinajstić information content (AvgIpc) is 2.98. The molecule has 2 heterocycles. The van der Waals surface area contributed by atoms with E-state index >= 15 is 0 Å². The maximum absolute atomic E-state index is 13.2. The summed E-state index contributed by atoms with van der Waals surface area (Å²) in [5.74, 6) is -0.380. The van der Waals surface area contributed by atoms with E-state index in [1.165, 1.54) is 16.7 Å². The fourth-order valence-electron chi connectivity index (χ4n) is 4.03. The van der Waals surface area contributed by atoms with Gasteiger partial charge in [-0.25, -0.2) is 4.79 Å². The van der Waals surface area contributed by atoms with Crippen LogP contribution in [-0.4, -0.2) is 20.4 Å². The number of phenolic OH excluding ortho intramolecular Hbond substituents is 1. The molecule has 0 unspecified atom stereocenters. The smallest absolute Gasteiger partial charge is 0.329 e. The Balaban J connectivity index is 1.87. The predicted octanol–water partition coefficient (Wildman–Crippen LogP) is 1.94. The Labute approximate surface area is 158 Å². The number of carbonyl (C=O) groups is 1. The number of aromatic nitrogens is 2. The van der Waals surface area contributed by atoms with E-state index in [1.54, 1.807) is 31.3 Å². The zero-order valence-corrected chi connectivity index (χ0v) is 14.8. The monoisotopic (exact) mass is 373 g/mol. The van der Waals surface area contributed by atoms with Crippen LogP contribution in [0.4, 0.5) is 5.82 Å². The Hall–Kier alpha value is -3.87. The summed E-state index contributed by atoms with van der Waals surface area (Å²) in [4.78, 5) is 40.5. The SMILES string of the molecule is Cn1c2c(c(=O)[nH]c1=O)[C@@H](c1ccc(O)cc1)C1=C(N2)c2ccccc2C1=O. The van der Waals surface area contributed by atoms with E-state index in [9.17, 15) is 19.5 Å². The zero-order chi connectivity index (χ0) is 19.6. The first kappa shape index (κ1) is 16.3. The third-order valence-electron chi connectivity index (χ3n) is 5.36. The van der Waals surface area contributed by atoms with E-state index in [1.807, 2.05) is 12.1 Å². The van der Waals surface area contributed by atoms with Crippen molar-refractivity contribution in [2.24, 2.45) is 7.05 Å². The van der Waals surface area contributed by atoms with Crippen LogP contribution in [0, 0.1) is 0 Å². The van der Waals surface area contributed by atoms with E-state index in [-0.39, 0.29) is 11.5 Å². The lowest BCUT2D eigenvalue weighted by molar-refractivity contribution is 0.103. The number of Topliss-reactive ketones (excluding diaryl/α,β-unsaturated/α-hetero) is 1. The molecule has 0 spiro atoms. The van der Waals surface area contributed by atoms with Gasteiger partial charge in [-0.2, -0.15) is 0 Å². The van der Waals surface area contributed by atoms with Crippen molar-refractivity contribution < 1.29 is 9.90 Å². The van der Waals surface area contributed by atoms with E-state index in [4.69, 9.17) is 0 Å². The first-order valence-electron chi connectivity index (χ1n) is 8.75. The summed E-state index contributed by atoms with van der Waals surface area (Å²) in [6.07, 6.45) is 0. The van der Waals surface area contributed by atoms with Crippen LogP contribution in [0.15, 0.2) is 63.7 Å². The van der Waals surface area contributed by atoms with Crippen LogP contribution >= 0.6 is 0 Å². The van der Waals surface area contributed by atoms with Crippen molar-refractivity contribution in [3.8, 4) is 5.75 Å². The highest BCUT2D eigenvalue weighted by molar-refractivity contribution is 6.23. The number of fused-ring (bicyclic) bond motifs is 3. The molecule has 0 radical (unpaired) electrons. The van der Waals surface area contributed by atoms with Gasteiger partial charge in [0.2, 0.25) is 0 Å². The average molecular weight is 373 g/mol.